The zero-order valence-corrected chi connectivity index (χ0v) is 36.8. The summed E-state index contributed by atoms with van der Waals surface area (Å²) in [5, 5.41) is 8.89. The molecule has 0 amide bonds. The van der Waals surface area contributed by atoms with Crippen LogP contribution in [0.4, 0.5) is 0 Å². The molecule has 4 N–H and O–H groups in total. The summed E-state index contributed by atoms with van der Waals surface area (Å²) in [7, 11) is -4.74. The Bertz CT molecular complexity index is 1260. The molecule has 1 unspecified atom stereocenters. The lowest BCUT2D eigenvalue weighted by Crippen LogP contribution is -2.34. The van der Waals surface area contributed by atoms with E-state index in [2.05, 4.69) is 79.1 Å². The second kappa shape index (κ2) is 40.7. The van der Waals surface area contributed by atoms with Gasteiger partial charge < -0.3 is 25.2 Å². The Morgan fingerprint density at radius 1 is 0.534 bits per heavy atom. The van der Waals surface area contributed by atoms with Gasteiger partial charge in [0, 0.05) is 12.8 Å². The van der Waals surface area contributed by atoms with Crippen LogP contribution >= 0.6 is 7.82 Å². The number of hydrogen-bond acceptors (Lipinski definition) is 9. The molecule has 0 fully saturated rings. The number of ether oxygens (including phenoxy) is 2. The molecule has 0 rings (SSSR count). The minimum Gasteiger partial charge on any atom is -0.480 e. The van der Waals surface area contributed by atoms with Crippen molar-refractivity contribution in [1.82, 2.24) is 0 Å². The van der Waals surface area contributed by atoms with Gasteiger partial charge in [0.05, 0.1) is 13.2 Å². The van der Waals surface area contributed by atoms with Crippen LogP contribution < -0.4 is 5.73 Å². The van der Waals surface area contributed by atoms with Crippen molar-refractivity contribution in [3.8, 4) is 0 Å². The maximum absolute atomic E-state index is 12.6. The highest BCUT2D eigenvalue weighted by Crippen LogP contribution is 2.43. The van der Waals surface area contributed by atoms with Crippen LogP contribution in [0.25, 0.3) is 0 Å². The van der Waals surface area contributed by atoms with E-state index in [0.717, 1.165) is 51.4 Å². The Kier molecular flexibility index (Phi) is 38.5. The zero-order valence-electron chi connectivity index (χ0n) is 35.9. The molecule has 0 saturated heterocycles. The van der Waals surface area contributed by atoms with E-state index in [-0.39, 0.29) is 12.8 Å². The van der Waals surface area contributed by atoms with Crippen LogP contribution in [0.15, 0.2) is 72.9 Å². The first-order chi connectivity index (χ1) is 28.1. The van der Waals surface area contributed by atoms with E-state index in [1.54, 1.807) is 0 Å². The fourth-order valence-corrected chi connectivity index (χ4v) is 6.23. The molecule has 0 aromatic rings. The Balaban J connectivity index is 4.51. The number of phosphoric acid groups is 1. The van der Waals surface area contributed by atoms with E-state index in [1.165, 1.54) is 77.0 Å². The smallest absolute Gasteiger partial charge is 0.472 e. The number of hydrogen-bond donors (Lipinski definition) is 3. The van der Waals surface area contributed by atoms with Crippen molar-refractivity contribution < 1.29 is 47.5 Å². The molecule has 0 heterocycles. The van der Waals surface area contributed by atoms with Gasteiger partial charge in [0.2, 0.25) is 0 Å². The maximum Gasteiger partial charge on any atom is 0.472 e. The predicted molar refractivity (Wildman–Crippen MR) is 235 cm³/mol. The Hall–Kier alpha value is -3.08. The summed E-state index contributed by atoms with van der Waals surface area (Å²) in [6.45, 7) is 2.67. The molecule has 0 aliphatic heterocycles. The van der Waals surface area contributed by atoms with Gasteiger partial charge in [-0.15, -0.1) is 0 Å². The van der Waals surface area contributed by atoms with E-state index in [9.17, 15) is 23.8 Å². The zero-order chi connectivity index (χ0) is 42.8. The van der Waals surface area contributed by atoms with Crippen molar-refractivity contribution >= 4 is 25.7 Å². The number of carbonyl (C=O) groups excluding carboxylic acids is 2. The molecule has 0 saturated carbocycles. The molecule has 0 aliphatic rings. The quantitative estimate of drug-likeness (QED) is 0.0232. The molecular formula is C46H78NO10P. The molecule has 11 nitrogen and oxygen atoms in total. The van der Waals surface area contributed by atoms with Gasteiger partial charge in [-0.1, -0.05) is 151 Å². The number of phosphoric ester groups is 1. The van der Waals surface area contributed by atoms with Gasteiger partial charge in [-0.3, -0.25) is 23.4 Å². The summed E-state index contributed by atoms with van der Waals surface area (Å²) >= 11 is 0. The molecule has 0 bridgehead atoms. The molecule has 0 aromatic heterocycles. The lowest BCUT2D eigenvalue weighted by atomic mass is 10.1. The molecule has 3 atom stereocenters. The fourth-order valence-electron chi connectivity index (χ4n) is 5.45. The third kappa shape index (κ3) is 39.7. The van der Waals surface area contributed by atoms with Crippen LogP contribution in [0.5, 0.6) is 0 Å². The highest BCUT2D eigenvalue weighted by atomic mass is 31.2. The average Bonchev–Trinajstić information content (AvgIpc) is 3.20. The lowest BCUT2D eigenvalue weighted by molar-refractivity contribution is -0.161. The highest BCUT2D eigenvalue weighted by Gasteiger charge is 2.28. The monoisotopic (exact) mass is 836 g/mol. The molecule has 0 aromatic carbocycles. The van der Waals surface area contributed by atoms with Gasteiger partial charge in [0.1, 0.15) is 12.6 Å². The van der Waals surface area contributed by atoms with Crippen LogP contribution in [0.1, 0.15) is 168 Å². The Morgan fingerprint density at radius 2 is 0.948 bits per heavy atom. The van der Waals surface area contributed by atoms with Gasteiger partial charge >= 0.3 is 25.7 Å². The average molecular weight is 836 g/mol. The first kappa shape index (κ1) is 54.9. The van der Waals surface area contributed by atoms with Gasteiger partial charge in [-0.25, -0.2) is 4.57 Å². The van der Waals surface area contributed by atoms with Crippen molar-refractivity contribution in [2.75, 3.05) is 19.8 Å². The first-order valence-electron chi connectivity index (χ1n) is 22.0. The van der Waals surface area contributed by atoms with E-state index < -0.39 is 57.7 Å². The van der Waals surface area contributed by atoms with Crippen molar-refractivity contribution in [2.24, 2.45) is 5.73 Å². The molecule has 12 heteroatoms. The fraction of sp³-hybridized carbons (Fsp3) is 0.674. The summed E-state index contributed by atoms with van der Waals surface area (Å²) in [4.78, 5) is 45.9. The summed E-state index contributed by atoms with van der Waals surface area (Å²) < 4.78 is 32.6. The minimum absolute atomic E-state index is 0.0922. The van der Waals surface area contributed by atoms with E-state index in [1.807, 2.05) is 12.2 Å². The summed E-state index contributed by atoms with van der Waals surface area (Å²) in [6, 6.07) is -1.54. The topological polar surface area (TPSA) is 172 Å². The van der Waals surface area contributed by atoms with Crippen LogP contribution in [0.3, 0.4) is 0 Å². The van der Waals surface area contributed by atoms with Crippen LogP contribution in [0.2, 0.25) is 0 Å². The van der Waals surface area contributed by atoms with Gasteiger partial charge in [-0.2, -0.15) is 0 Å². The molecule has 332 valence electrons. The number of rotatable bonds is 40. The summed E-state index contributed by atoms with van der Waals surface area (Å²) in [6.07, 6.45) is 48.4. The van der Waals surface area contributed by atoms with Crippen molar-refractivity contribution in [2.45, 2.75) is 180 Å². The molecule has 0 radical (unpaired) electrons. The van der Waals surface area contributed by atoms with Gasteiger partial charge in [0.25, 0.3) is 0 Å². The highest BCUT2D eigenvalue weighted by molar-refractivity contribution is 7.47. The Morgan fingerprint density at radius 3 is 1.48 bits per heavy atom. The van der Waals surface area contributed by atoms with Crippen LogP contribution in [-0.2, 0) is 37.5 Å². The largest absolute Gasteiger partial charge is 0.480 e. The number of allylic oxidation sites excluding steroid dienone is 12. The third-order valence-electron chi connectivity index (χ3n) is 8.94. The summed E-state index contributed by atoms with van der Waals surface area (Å²) in [5.74, 6) is -2.51. The van der Waals surface area contributed by atoms with Crippen molar-refractivity contribution in [3.05, 3.63) is 72.9 Å². The van der Waals surface area contributed by atoms with E-state index >= 15 is 0 Å². The first-order valence-corrected chi connectivity index (χ1v) is 23.5. The van der Waals surface area contributed by atoms with Crippen LogP contribution in [0, 0.1) is 0 Å². The van der Waals surface area contributed by atoms with Gasteiger partial charge in [0.15, 0.2) is 6.10 Å². The second-order valence-corrected chi connectivity index (χ2v) is 15.9. The molecule has 0 spiro atoms. The predicted octanol–water partition coefficient (Wildman–Crippen LogP) is 11.7. The van der Waals surface area contributed by atoms with Gasteiger partial charge in [-0.05, 0) is 77.0 Å². The minimum atomic E-state index is -4.74. The standard InChI is InChI=1S/C46H78NO10P/c1-3-5-7-9-11-13-15-17-19-20-21-22-24-25-27-29-31-33-35-37-44(48)54-39-42(40-55-58(52,53)56-41-43(47)46(50)51)57-45(49)38-36-34-32-30-28-26-23-18-16-14-12-10-8-6-4-2/h11,13,17,19,21-22,25-28,31,33,42-43H,3-10,12,14-16,18,20,23-24,29-30,32,34-41,47H2,1-2H3,(H,50,51)(H,52,53)/b13-11+,19-17+,22-21+,27-25+,28-26+,33-31+/t42-,43+/m1/s1. The van der Waals surface area contributed by atoms with Crippen molar-refractivity contribution in [3.63, 3.8) is 0 Å². The third-order valence-corrected chi connectivity index (χ3v) is 9.89. The number of carboxylic acids is 1. The number of esters is 2. The number of unbranched alkanes of at least 4 members (excludes halogenated alkanes) is 14. The second-order valence-electron chi connectivity index (χ2n) is 14.5. The summed E-state index contributed by atoms with van der Waals surface area (Å²) in [5.41, 5.74) is 5.33. The number of aliphatic carboxylic acids is 1. The SMILES string of the molecule is CCCCC/C=C/C/C=C/C/C=C/C/C=C/C/C=C/CCC(=O)OC[C@H](COP(=O)(O)OC[C@H](N)C(=O)O)OC(=O)CCCCC/C=C/CCCCCCCCCC. The Labute approximate surface area is 350 Å². The molecule has 58 heavy (non-hydrogen) atoms. The van der Waals surface area contributed by atoms with E-state index in [0.29, 0.717) is 12.8 Å². The number of carbonyl (C=O) groups is 3. The number of carboxylic acid groups (broad SMARTS) is 1. The van der Waals surface area contributed by atoms with Crippen molar-refractivity contribution in [1.29, 1.82) is 0 Å². The molecular weight excluding hydrogens is 757 g/mol. The lowest BCUT2D eigenvalue weighted by Gasteiger charge is -2.20. The van der Waals surface area contributed by atoms with Crippen LogP contribution in [-0.4, -0.2) is 59.9 Å². The number of nitrogens with two attached hydrogens (primary N) is 1. The maximum atomic E-state index is 12.6. The molecule has 0 aliphatic carbocycles. The van der Waals surface area contributed by atoms with E-state index in [4.69, 9.17) is 24.8 Å². The normalized spacial score (nSPS) is 14.4.